The number of nitrogens with zero attached hydrogens (tertiary/aromatic N) is 3. The number of halogens is 2. The molecular formula is C18H19Cl2N3O4. The maximum absolute atomic E-state index is 11.9. The minimum absolute atomic E-state index is 0.202. The second-order valence-electron chi connectivity index (χ2n) is 6.53. The van der Waals surface area contributed by atoms with Gasteiger partial charge < -0.3 is 14.2 Å². The molecule has 3 rings (SSSR count). The van der Waals surface area contributed by atoms with Crippen LogP contribution in [0.25, 0.3) is 11.8 Å². The van der Waals surface area contributed by atoms with Gasteiger partial charge in [0, 0.05) is 17.0 Å². The molecule has 0 bridgehead atoms. The zero-order valence-corrected chi connectivity index (χ0v) is 16.4. The first-order chi connectivity index (χ1) is 12.9. The van der Waals surface area contributed by atoms with Crippen LogP contribution in [0.2, 0.25) is 10.0 Å². The predicted octanol–water partition coefficient (Wildman–Crippen LogP) is 3.53. The van der Waals surface area contributed by atoms with Crippen molar-refractivity contribution in [2.75, 3.05) is 20.0 Å². The Balaban J connectivity index is 2.11. The van der Waals surface area contributed by atoms with E-state index in [-0.39, 0.29) is 6.79 Å². The van der Waals surface area contributed by atoms with Crippen LogP contribution in [-0.4, -0.2) is 46.8 Å². The fraction of sp³-hybridized carbons (Fsp3) is 0.389. The van der Waals surface area contributed by atoms with E-state index in [1.54, 1.807) is 29.0 Å². The van der Waals surface area contributed by atoms with E-state index in [1.165, 1.54) is 19.6 Å². The Morgan fingerprint density at radius 2 is 2.11 bits per heavy atom. The molecule has 27 heavy (non-hydrogen) atoms. The molecule has 0 spiro atoms. The lowest BCUT2D eigenvalue weighted by atomic mass is 9.83. The zero-order valence-electron chi connectivity index (χ0n) is 14.9. The third kappa shape index (κ3) is 4.68. The number of hydrogen-bond donors (Lipinski definition) is 0. The van der Waals surface area contributed by atoms with Crippen molar-refractivity contribution in [3.63, 3.8) is 0 Å². The standard InChI is InChI=1S/C18H19Cl2N3O4/c1-12(24)27-17(18(2)7-25-11-26-8-18)16(23-10-21-9-22-23)5-13-3-4-14(19)6-15(13)20/h3-6,9-10,17H,7-8,11H2,1-2H3/b16-5-. The van der Waals surface area contributed by atoms with Crippen molar-refractivity contribution in [2.45, 2.75) is 20.0 Å². The van der Waals surface area contributed by atoms with Gasteiger partial charge in [0.2, 0.25) is 0 Å². The fourth-order valence-corrected chi connectivity index (χ4v) is 3.37. The number of ether oxygens (including phenoxy) is 3. The van der Waals surface area contributed by atoms with Crippen LogP contribution < -0.4 is 0 Å². The van der Waals surface area contributed by atoms with Crippen LogP contribution >= 0.6 is 23.2 Å². The van der Waals surface area contributed by atoms with Crippen molar-refractivity contribution in [1.82, 2.24) is 14.8 Å². The van der Waals surface area contributed by atoms with Crippen molar-refractivity contribution in [2.24, 2.45) is 5.41 Å². The van der Waals surface area contributed by atoms with E-state index in [0.29, 0.717) is 34.5 Å². The third-order valence-electron chi connectivity index (χ3n) is 4.16. The number of rotatable bonds is 5. The molecule has 2 heterocycles. The summed E-state index contributed by atoms with van der Waals surface area (Å²) in [5.41, 5.74) is 0.647. The Labute approximate surface area is 166 Å². The predicted molar refractivity (Wildman–Crippen MR) is 101 cm³/mol. The summed E-state index contributed by atoms with van der Waals surface area (Å²) in [5.74, 6) is -0.431. The lowest BCUT2D eigenvalue weighted by Crippen LogP contribution is -2.47. The highest BCUT2D eigenvalue weighted by Gasteiger charge is 2.43. The maximum Gasteiger partial charge on any atom is 0.303 e. The molecule has 0 saturated carbocycles. The number of hydrogen-bond acceptors (Lipinski definition) is 6. The average molecular weight is 412 g/mol. The minimum Gasteiger partial charge on any atom is -0.455 e. The highest BCUT2D eigenvalue weighted by Crippen LogP contribution is 2.36. The summed E-state index contributed by atoms with van der Waals surface area (Å²) < 4.78 is 18.2. The smallest absolute Gasteiger partial charge is 0.303 e. The molecule has 1 aliphatic heterocycles. The number of carbonyl (C=O) groups excluding carboxylic acids is 1. The quantitative estimate of drug-likeness (QED) is 0.700. The molecule has 0 N–H and O–H groups in total. The van der Waals surface area contributed by atoms with Gasteiger partial charge in [0.1, 0.15) is 19.4 Å². The first kappa shape index (κ1) is 19.8. The van der Waals surface area contributed by atoms with Crippen molar-refractivity contribution in [3.05, 3.63) is 46.5 Å². The van der Waals surface area contributed by atoms with Gasteiger partial charge in [-0.3, -0.25) is 4.79 Å². The molecule has 1 aromatic heterocycles. The summed E-state index contributed by atoms with van der Waals surface area (Å²) in [4.78, 5) is 15.9. The van der Waals surface area contributed by atoms with E-state index in [2.05, 4.69) is 10.1 Å². The number of carbonyl (C=O) groups is 1. The molecule has 1 aromatic carbocycles. The van der Waals surface area contributed by atoms with E-state index in [1.807, 2.05) is 6.92 Å². The second kappa shape index (κ2) is 8.39. The van der Waals surface area contributed by atoms with E-state index >= 15 is 0 Å². The third-order valence-corrected chi connectivity index (χ3v) is 4.73. The van der Waals surface area contributed by atoms with Crippen molar-refractivity contribution in [3.8, 4) is 0 Å². The Morgan fingerprint density at radius 3 is 2.70 bits per heavy atom. The van der Waals surface area contributed by atoms with Crippen LogP contribution in [0, 0.1) is 5.41 Å². The molecule has 0 amide bonds. The van der Waals surface area contributed by atoms with Crippen LogP contribution in [0.15, 0.2) is 30.9 Å². The Morgan fingerprint density at radius 1 is 1.37 bits per heavy atom. The molecule has 2 aromatic rings. The minimum atomic E-state index is -0.705. The van der Waals surface area contributed by atoms with Crippen molar-refractivity contribution in [1.29, 1.82) is 0 Å². The van der Waals surface area contributed by atoms with Gasteiger partial charge >= 0.3 is 5.97 Å². The normalized spacial score (nSPS) is 18.1. The lowest BCUT2D eigenvalue weighted by molar-refractivity contribution is -0.191. The van der Waals surface area contributed by atoms with Crippen LogP contribution in [0.5, 0.6) is 0 Å². The summed E-state index contributed by atoms with van der Waals surface area (Å²) in [6.07, 6.45) is 4.02. The van der Waals surface area contributed by atoms with Gasteiger partial charge in [-0.15, -0.1) is 0 Å². The monoisotopic (exact) mass is 411 g/mol. The summed E-state index contributed by atoms with van der Waals surface area (Å²) in [5, 5.41) is 5.20. The van der Waals surface area contributed by atoms with Crippen molar-refractivity contribution < 1.29 is 19.0 Å². The summed E-state index contributed by atoms with van der Waals surface area (Å²) in [6.45, 7) is 4.19. The van der Waals surface area contributed by atoms with Crippen LogP contribution in [0.1, 0.15) is 19.4 Å². The molecular weight excluding hydrogens is 393 g/mol. The molecule has 9 heteroatoms. The summed E-state index contributed by atoms with van der Waals surface area (Å²) >= 11 is 12.3. The van der Waals surface area contributed by atoms with Gasteiger partial charge in [-0.2, -0.15) is 5.10 Å². The van der Waals surface area contributed by atoms with E-state index in [9.17, 15) is 4.79 Å². The maximum atomic E-state index is 11.9. The summed E-state index contributed by atoms with van der Waals surface area (Å²) in [7, 11) is 0. The Kier molecular flexibility index (Phi) is 6.16. The first-order valence-corrected chi connectivity index (χ1v) is 8.99. The number of aromatic nitrogens is 3. The number of benzene rings is 1. The molecule has 7 nitrogen and oxygen atoms in total. The highest BCUT2D eigenvalue weighted by atomic mass is 35.5. The first-order valence-electron chi connectivity index (χ1n) is 8.23. The van der Waals surface area contributed by atoms with Gasteiger partial charge in [-0.05, 0) is 23.8 Å². The van der Waals surface area contributed by atoms with E-state index in [0.717, 1.165) is 0 Å². The zero-order chi connectivity index (χ0) is 19.4. The average Bonchev–Trinajstić information content (AvgIpc) is 3.14. The molecule has 0 aliphatic carbocycles. The van der Waals surface area contributed by atoms with Gasteiger partial charge in [-0.25, -0.2) is 9.67 Å². The van der Waals surface area contributed by atoms with Crippen LogP contribution in [0.3, 0.4) is 0 Å². The Hall–Kier alpha value is -1.93. The van der Waals surface area contributed by atoms with Crippen LogP contribution in [0.4, 0.5) is 0 Å². The van der Waals surface area contributed by atoms with Gasteiger partial charge in [0.15, 0.2) is 6.10 Å². The molecule has 1 fully saturated rings. The molecule has 1 unspecified atom stereocenters. The fourth-order valence-electron chi connectivity index (χ4n) is 2.91. The highest BCUT2D eigenvalue weighted by molar-refractivity contribution is 6.35. The molecule has 0 radical (unpaired) electrons. The lowest BCUT2D eigenvalue weighted by Gasteiger charge is -2.39. The van der Waals surface area contributed by atoms with Crippen molar-refractivity contribution >= 4 is 40.9 Å². The molecule has 1 atom stereocenters. The van der Waals surface area contributed by atoms with E-state index in [4.69, 9.17) is 37.4 Å². The molecule has 1 saturated heterocycles. The molecule has 1 aliphatic rings. The topological polar surface area (TPSA) is 75.5 Å². The second-order valence-corrected chi connectivity index (χ2v) is 7.38. The summed E-state index contributed by atoms with van der Waals surface area (Å²) in [6, 6.07) is 5.15. The van der Waals surface area contributed by atoms with Gasteiger partial charge in [-0.1, -0.05) is 36.2 Å². The van der Waals surface area contributed by atoms with Gasteiger partial charge in [0.25, 0.3) is 0 Å². The van der Waals surface area contributed by atoms with Gasteiger partial charge in [0.05, 0.1) is 24.3 Å². The Bertz CT molecular complexity index is 833. The number of esters is 1. The van der Waals surface area contributed by atoms with Crippen LogP contribution in [-0.2, 0) is 19.0 Å². The van der Waals surface area contributed by atoms with E-state index < -0.39 is 17.5 Å². The molecule has 144 valence electrons. The largest absolute Gasteiger partial charge is 0.455 e. The SMILES string of the molecule is CC(=O)OC(/C(=C/c1ccc(Cl)cc1Cl)n1cncn1)C1(C)COCOC1.